The van der Waals surface area contributed by atoms with Crippen LogP contribution in [0.4, 0.5) is 4.39 Å². The van der Waals surface area contributed by atoms with Gasteiger partial charge in [0.1, 0.15) is 5.54 Å². The number of nitrogens with one attached hydrogen (secondary N) is 1. The highest BCUT2D eigenvalue weighted by Crippen LogP contribution is 2.37. The van der Waals surface area contributed by atoms with Crippen LogP contribution in [-0.2, 0) is 9.59 Å². The standard InChI is InChI=1S/C23H22ClFN2O5/c1-11(20(29)26-23(3,4)22(31)32)17-12(2)27(15-8-9-16(28)19(25)18(15)17)21(30)13-6-5-7-14(24)10-13/h5-11,28H,1-4H3,(H,26,29)(H,31,32). The maximum absolute atomic E-state index is 15.1. The molecule has 0 aliphatic heterocycles. The number of carboxylic acid groups (broad SMARTS) is 1. The summed E-state index contributed by atoms with van der Waals surface area (Å²) in [6.07, 6.45) is 0. The van der Waals surface area contributed by atoms with Crippen LogP contribution in [0.2, 0.25) is 5.02 Å². The van der Waals surface area contributed by atoms with E-state index >= 15 is 4.39 Å². The Balaban J connectivity index is 2.22. The second kappa shape index (κ2) is 8.27. The second-order valence-corrected chi connectivity index (χ2v) is 8.52. The van der Waals surface area contributed by atoms with Crippen molar-refractivity contribution in [2.45, 2.75) is 39.2 Å². The fourth-order valence-electron chi connectivity index (χ4n) is 3.62. The number of hydrogen-bond donors (Lipinski definition) is 3. The van der Waals surface area contributed by atoms with Crippen LogP contribution in [0.1, 0.15) is 48.3 Å². The van der Waals surface area contributed by atoms with Crippen LogP contribution in [0.25, 0.3) is 10.9 Å². The fraction of sp³-hybridized carbons (Fsp3) is 0.261. The first-order valence-corrected chi connectivity index (χ1v) is 10.1. The molecule has 168 valence electrons. The van der Waals surface area contributed by atoms with Crippen molar-refractivity contribution in [1.82, 2.24) is 9.88 Å². The summed E-state index contributed by atoms with van der Waals surface area (Å²) in [5.41, 5.74) is -0.696. The Morgan fingerprint density at radius 2 is 1.84 bits per heavy atom. The Morgan fingerprint density at radius 3 is 2.44 bits per heavy atom. The lowest BCUT2D eigenvalue weighted by atomic mass is 9.95. The summed E-state index contributed by atoms with van der Waals surface area (Å²) in [5.74, 6) is -5.04. The summed E-state index contributed by atoms with van der Waals surface area (Å²) in [4.78, 5) is 37.6. The molecule has 1 heterocycles. The van der Waals surface area contributed by atoms with Crippen LogP contribution in [0.3, 0.4) is 0 Å². The monoisotopic (exact) mass is 460 g/mol. The molecular weight excluding hydrogens is 439 g/mol. The topological polar surface area (TPSA) is 109 Å². The minimum absolute atomic E-state index is 0.0892. The maximum atomic E-state index is 15.1. The molecule has 0 saturated heterocycles. The largest absolute Gasteiger partial charge is 0.505 e. The van der Waals surface area contributed by atoms with Gasteiger partial charge in [-0.1, -0.05) is 17.7 Å². The van der Waals surface area contributed by atoms with Gasteiger partial charge in [0.15, 0.2) is 11.6 Å². The van der Waals surface area contributed by atoms with E-state index in [1.54, 1.807) is 25.1 Å². The number of hydrogen-bond acceptors (Lipinski definition) is 4. The van der Waals surface area contributed by atoms with Crippen LogP contribution >= 0.6 is 11.6 Å². The van der Waals surface area contributed by atoms with E-state index in [2.05, 4.69) is 5.32 Å². The first-order valence-electron chi connectivity index (χ1n) is 9.75. The van der Waals surface area contributed by atoms with Crippen molar-refractivity contribution in [3.05, 3.63) is 64.1 Å². The summed E-state index contributed by atoms with van der Waals surface area (Å²) in [6, 6.07) is 8.75. The molecule has 1 aromatic heterocycles. The Hall–Kier alpha value is -3.39. The number of aromatic nitrogens is 1. The van der Waals surface area contributed by atoms with Gasteiger partial charge in [-0.3, -0.25) is 14.2 Å². The summed E-state index contributed by atoms with van der Waals surface area (Å²) >= 11 is 6.01. The molecule has 9 heteroatoms. The molecule has 0 aliphatic rings. The third kappa shape index (κ3) is 3.93. The number of carboxylic acids is 1. The third-order valence-corrected chi connectivity index (χ3v) is 5.64. The number of nitrogens with zero attached hydrogens (tertiary/aromatic N) is 1. The zero-order chi connectivity index (χ0) is 24.0. The highest BCUT2D eigenvalue weighted by Gasteiger charge is 2.34. The molecule has 3 aromatic rings. The van der Waals surface area contributed by atoms with Gasteiger partial charge in [-0.2, -0.15) is 0 Å². The number of halogens is 2. The van der Waals surface area contributed by atoms with Gasteiger partial charge in [-0.25, -0.2) is 9.18 Å². The number of aliphatic carboxylic acids is 1. The van der Waals surface area contributed by atoms with Gasteiger partial charge >= 0.3 is 5.97 Å². The van der Waals surface area contributed by atoms with E-state index in [-0.39, 0.29) is 27.7 Å². The van der Waals surface area contributed by atoms with E-state index < -0.39 is 40.8 Å². The molecule has 2 aromatic carbocycles. The van der Waals surface area contributed by atoms with E-state index in [1.165, 1.54) is 37.5 Å². The van der Waals surface area contributed by atoms with E-state index in [4.69, 9.17) is 11.6 Å². The number of benzene rings is 2. The SMILES string of the molecule is Cc1c(C(C)C(=O)NC(C)(C)C(=O)O)c2c(F)c(O)ccc2n1C(=O)c1cccc(Cl)c1. The predicted molar refractivity (Wildman–Crippen MR) is 118 cm³/mol. The average molecular weight is 461 g/mol. The molecule has 0 saturated carbocycles. The number of fused-ring (bicyclic) bond motifs is 1. The van der Waals surface area contributed by atoms with Gasteiger partial charge in [0.05, 0.1) is 11.4 Å². The number of aromatic hydroxyl groups is 1. The molecule has 0 aliphatic carbocycles. The lowest BCUT2D eigenvalue weighted by molar-refractivity contribution is -0.146. The number of phenols is 1. The maximum Gasteiger partial charge on any atom is 0.328 e. The van der Waals surface area contributed by atoms with Crippen molar-refractivity contribution in [1.29, 1.82) is 0 Å². The van der Waals surface area contributed by atoms with Crippen molar-refractivity contribution >= 4 is 40.3 Å². The van der Waals surface area contributed by atoms with Gasteiger partial charge in [0, 0.05) is 21.7 Å². The lowest BCUT2D eigenvalue weighted by Gasteiger charge is -2.23. The molecular formula is C23H22ClFN2O5. The van der Waals surface area contributed by atoms with E-state index in [1.807, 2.05) is 0 Å². The molecule has 0 bridgehead atoms. The van der Waals surface area contributed by atoms with E-state index in [0.29, 0.717) is 5.02 Å². The molecule has 7 nitrogen and oxygen atoms in total. The van der Waals surface area contributed by atoms with Gasteiger partial charge in [0.2, 0.25) is 5.91 Å². The highest BCUT2D eigenvalue weighted by molar-refractivity contribution is 6.31. The van der Waals surface area contributed by atoms with Crippen LogP contribution in [0, 0.1) is 12.7 Å². The summed E-state index contributed by atoms with van der Waals surface area (Å²) in [5, 5.41) is 21.9. The molecule has 0 fully saturated rings. The zero-order valence-corrected chi connectivity index (χ0v) is 18.6. The Morgan fingerprint density at radius 1 is 1.19 bits per heavy atom. The van der Waals surface area contributed by atoms with Crippen LogP contribution in [0.15, 0.2) is 36.4 Å². The minimum atomic E-state index is -1.56. The van der Waals surface area contributed by atoms with Crippen molar-refractivity contribution in [2.75, 3.05) is 0 Å². The molecule has 0 radical (unpaired) electrons. The quantitative estimate of drug-likeness (QED) is 0.528. The van der Waals surface area contributed by atoms with Crippen LogP contribution < -0.4 is 5.32 Å². The lowest BCUT2D eigenvalue weighted by Crippen LogP contribution is -2.50. The Labute approximate surface area is 188 Å². The van der Waals surface area contributed by atoms with Gasteiger partial charge in [-0.15, -0.1) is 0 Å². The van der Waals surface area contributed by atoms with Crippen molar-refractivity contribution in [3.63, 3.8) is 0 Å². The van der Waals surface area contributed by atoms with Crippen molar-refractivity contribution in [2.24, 2.45) is 0 Å². The fourth-order valence-corrected chi connectivity index (χ4v) is 3.81. The minimum Gasteiger partial charge on any atom is -0.505 e. The molecule has 3 N–H and O–H groups in total. The van der Waals surface area contributed by atoms with Crippen molar-refractivity contribution in [3.8, 4) is 5.75 Å². The van der Waals surface area contributed by atoms with E-state index in [0.717, 1.165) is 6.07 Å². The number of amides is 1. The second-order valence-electron chi connectivity index (χ2n) is 8.08. The van der Waals surface area contributed by atoms with Gasteiger partial charge in [-0.05, 0) is 63.6 Å². The Bertz CT molecular complexity index is 1260. The molecule has 0 spiro atoms. The van der Waals surface area contributed by atoms with E-state index in [9.17, 15) is 24.6 Å². The number of carbonyl (C=O) groups excluding carboxylic acids is 2. The number of rotatable bonds is 5. The highest BCUT2D eigenvalue weighted by atomic mass is 35.5. The summed E-state index contributed by atoms with van der Waals surface area (Å²) < 4.78 is 16.3. The average Bonchev–Trinajstić information content (AvgIpc) is 3.01. The number of carbonyl (C=O) groups is 3. The zero-order valence-electron chi connectivity index (χ0n) is 17.9. The first kappa shape index (κ1) is 23.3. The molecule has 1 atom stereocenters. The summed E-state index contributed by atoms with van der Waals surface area (Å²) in [6.45, 7) is 5.68. The molecule has 1 unspecified atom stereocenters. The van der Waals surface area contributed by atoms with Gasteiger partial charge < -0.3 is 15.5 Å². The van der Waals surface area contributed by atoms with Crippen molar-refractivity contribution < 1.29 is 29.0 Å². The smallest absolute Gasteiger partial charge is 0.328 e. The van der Waals surface area contributed by atoms with Gasteiger partial charge in [0.25, 0.3) is 5.91 Å². The van der Waals surface area contributed by atoms with Crippen LogP contribution in [-0.4, -0.2) is 38.1 Å². The molecule has 1 amide bonds. The normalized spacial score (nSPS) is 12.6. The number of phenolic OH excluding ortho intramolecular Hbond substituents is 1. The Kier molecular flexibility index (Phi) is 6.02. The van der Waals surface area contributed by atoms with Crippen LogP contribution in [0.5, 0.6) is 5.75 Å². The molecule has 3 rings (SSSR count). The first-order chi connectivity index (χ1) is 14.9. The predicted octanol–water partition coefficient (Wildman–Crippen LogP) is 4.22. The third-order valence-electron chi connectivity index (χ3n) is 5.41. The molecule has 32 heavy (non-hydrogen) atoms. The summed E-state index contributed by atoms with van der Waals surface area (Å²) in [7, 11) is 0.